The molecular formula is C17H23NO2. The molecular weight excluding hydrogens is 250 g/mol. The largest absolute Gasteiger partial charge is 0.461 e. The van der Waals surface area contributed by atoms with Gasteiger partial charge in [0.2, 0.25) is 0 Å². The Kier molecular flexibility index (Phi) is 5.81. The molecule has 0 saturated carbocycles. The molecule has 0 aromatic heterocycles. The van der Waals surface area contributed by atoms with Crippen LogP contribution in [0, 0.1) is 0 Å². The molecule has 3 nitrogen and oxygen atoms in total. The Morgan fingerprint density at radius 3 is 2.60 bits per heavy atom. The van der Waals surface area contributed by atoms with E-state index in [9.17, 15) is 4.79 Å². The van der Waals surface area contributed by atoms with Crippen LogP contribution in [0.15, 0.2) is 42.0 Å². The van der Waals surface area contributed by atoms with E-state index in [0.29, 0.717) is 13.0 Å². The lowest BCUT2D eigenvalue weighted by molar-refractivity contribution is -0.141. The number of carbonyl (C=O) groups is 1. The predicted molar refractivity (Wildman–Crippen MR) is 80.3 cm³/mol. The fourth-order valence-electron chi connectivity index (χ4n) is 2.40. The fourth-order valence-corrected chi connectivity index (χ4v) is 2.40. The number of piperidine rings is 1. The van der Waals surface area contributed by atoms with Crippen LogP contribution in [0.3, 0.4) is 0 Å². The first-order valence-corrected chi connectivity index (χ1v) is 7.37. The Morgan fingerprint density at radius 1 is 1.25 bits per heavy atom. The third-order valence-electron chi connectivity index (χ3n) is 3.65. The maximum atomic E-state index is 11.0. The second-order valence-electron chi connectivity index (χ2n) is 5.16. The van der Waals surface area contributed by atoms with E-state index in [4.69, 9.17) is 4.74 Å². The van der Waals surface area contributed by atoms with Gasteiger partial charge in [-0.25, -0.2) is 0 Å². The van der Waals surface area contributed by atoms with Gasteiger partial charge in [0.1, 0.15) is 6.61 Å². The molecule has 0 radical (unpaired) electrons. The first-order chi connectivity index (χ1) is 9.78. The summed E-state index contributed by atoms with van der Waals surface area (Å²) in [7, 11) is 0. The van der Waals surface area contributed by atoms with Crippen molar-refractivity contribution in [2.24, 2.45) is 0 Å². The molecule has 0 atom stereocenters. The topological polar surface area (TPSA) is 29.5 Å². The molecule has 1 aromatic rings. The smallest absolute Gasteiger partial charge is 0.305 e. The summed E-state index contributed by atoms with van der Waals surface area (Å²) in [5.41, 5.74) is 2.79. The van der Waals surface area contributed by atoms with Crippen molar-refractivity contribution in [1.29, 1.82) is 0 Å². The lowest BCUT2D eigenvalue weighted by Gasteiger charge is -2.28. The highest BCUT2D eigenvalue weighted by Crippen LogP contribution is 2.18. The summed E-state index contributed by atoms with van der Waals surface area (Å²) in [5.74, 6) is -0.122. The first-order valence-electron chi connectivity index (χ1n) is 7.37. The minimum absolute atomic E-state index is 0.122. The van der Waals surface area contributed by atoms with Gasteiger partial charge >= 0.3 is 5.97 Å². The molecule has 0 unspecified atom stereocenters. The highest BCUT2D eigenvalue weighted by molar-refractivity contribution is 5.68. The second-order valence-corrected chi connectivity index (χ2v) is 5.16. The molecule has 0 amide bonds. The van der Waals surface area contributed by atoms with Crippen LogP contribution in [0.25, 0.3) is 0 Å². The molecule has 1 saturated heterocycles. The Labute approximate surface area is 121 Å². The maximum absolute atomic E-state index is 11.0. The number of carbonyl (C=O) groups excluding carboxylic acids is 1. The van der Waals surface area contributed by atoms with Gasteiger partial charge in [-0.05, 0) is 24.5 Å². The number of esters is 1. The van der Waals surface area contributed by atoms with Crippen molar-refractivity contribution in [2.75, 3.05) is 19.7 Å². The predicted octanol–water partition coefficient (Wildman–Crippen LogP) is 3.16. The van der Waals surface area contributed by atoms with Crippen molar-refractivity contribution in [3.05, 3.63) is 47.5 Å². The number of benzene rings is 1. The number of likely N-dealkylation sites (tertiary alicyclic amines) is 1. The molecule has 0 N–H and O–H groups in total. The third kappa shape index (κ3) is 4.82. The number of ether oxygens (including phenoxy) is 1. The van der Waals surface area contributed by atoms with Gasteiger partial charge in [0.05, 0.1) is 0 Å². The van der Waals surface area contributed by atoms with Crippen molar-refractivity contribution < 1.29 is 9.53 Å². The summed E-state index contributed by atoms with van der Waals surface area (Å²) in [4.78, 5) is 13.5. The van der Waals surface area contributed by atoms with Gasteiger partial charge in [-0.2, -0.15) is 0 Å². The lowest BCUT2D eigenvalue weighted by atomic mass is 10.0. The van der Waals surface area contributed by atoms with Gasteiger partial charge in [0.15, 0.2) is 0 Å². The van der Waals surface area contributed by atoms with Crippen molar-refractivity contribution in [1.82, 2.24) is 4.90 Å². The molecule has 108 valence electrons. The SMILES string of the molecule is CCC(=O)OCC=C1CCN(Cc2ccccc2)CC1. The average Bonchev–Trinajstić information content (AvgIpc) is 2.50. The third-order valence-corrected chi connectivity index (χ3v) is 3.65. The van der Waals surface area contributed by atoms with Crippen molar-refractivity contribution in [3.63, 3.8) is 0 Å². The Balaban J connectivity index is 1.72. The van der Waals surface area contributed by atoms with Gasteiger partial charge < -0.3 is 4.74 Å². The highest BCUT2D eigenvalue weighted by atomic mass is 16.5. The van der Waals surface area contributed by atoms with E-state index in [1.54, 1.807) is 0 Å². The quantitative estimate of drug-likeness (QED) is 0.609. The Hall–Kier alpha value is -1.61. The van der Waals surface area contributed by atoms with Crippen LogP contribution >= 0.6 is 0 Å². The standard InChI is InChI=1S/C17H23NO2/c1-2-17(19)20-13-10-15-8-11-18(12-9-15)14-16-6-4-3-5-7-16/h3-7,10H,2,8-9,11-14H2,1H3. The van der Waals surface area contributed by atoms with Crippen LogP contribution < -0.4 is 0 Å². The Morgan fingerprint density at radius 2 is 1.95 bits per heavy atom. The molecule has 0 spiro atoms. The lowest BCUT2D eigenvalue weighted by Crippen LogP contribution is -2.30. The van der Waals surface area contributed by atoms with E-state index in [2.05, 4.69) is 41.3 Å². The summed E-state index contributed by atoms with van der Waals surface area (Å²) < 4.78 is 5.09. The molecule has 20 heavy (non-hydrogen) atoms. The maximum Gasteiger partial charge on any atom is 0.305 e. The monoisotopic (exact) mass is 273 g/mol. The molecule has 1 fully saturated rings. The van der Waals surface area contributed by atoms with Gasteiger partial charge in [-0.15, -0.1) is 0 Å². The molecule has 2 rings (SSSR count). The van der Waals surface area contributed by atoms with E-state index < -0.39 is 0 Å². The normalized spacial score (nSPS) is 15.9. The molecule has 1 aliphatic heterocycles. The number of hydrogen-bond acceptors (Lipinski definition) is 3. The summed E-state index contributed by atoms with van der Waals surface area (Å²) in [5, 5.41) is 0. The molecule has 0 bridgehead atoms. The summed E-state index contributed by atoms with van der Waals surface area (Å²) in [6.45, 7) is 5.45. The van der Waals surface area contributed by atoms with E-state index in [1.807, 2.05) is 6.92 Å². The van der Waals surface area contributed by atoms with E-state index in [-0.39, 0.29) is 5.97 Å². The van der Waals surface area contributed by atoms with Crippen LogP contribution in [0.5, 0.6) is 0 Å². The van der Waals surface area contributed by atoms with Gasteiger partial charge in [0.25, 0.3) is 0 Å². The van der Waals surface area contributed by atoms with Crippen LogP contribution in [0.2, 0.25) is 0 Å². The van der Waals surface area contributed by atoms with Crippen molar-refractivity contribution >= 4 is 5.97 Å². The molecule has 1 aliphatic rings. The average molecular weight is 273 g/mol. The summed E-state index contributed by atoms with van der Waals surface area (Å²) >= 11 is 0. The van der Waals surface area contributed by atoms with Crippen molar-refractivity contribution in [2.45, 2.75) is 32.7 Å². The highest BCUT2D eigenvalue weighted by Gasteiger charge is 2.13. The van der Waals surface area contributed by atoms with E-state index >= 15 is 0 Å². The van der Waals surface area contributed by atoms with Gasteiger partial charge in [-0.3, -0.25) is 9.69 Å². The van der Waals surface area contributed by atoms with Gasteiger partial charge in [-0.1, -0.05) is 42.8 Å². The molecule has 0 aliphatic carbocycles. The summed E-state index contributed by atoms with van der Waals surface area (Å²) in [6.07, 6.45) is 4.69. The minimum atomic E-state index is -0.122. The number of nitrogens with zero attached hydrogens (tertiary/aromatic N) is 1. The van der Waals surface area contributed by atoms with Gasteiger partial charge in [0, 0.05) is 26.1 Å². The van der Waals surface area contributed by atoms with Crippen LogP contribution in [0.4, 0.5) is 0 Å². The zero-order chi connectivity index (χ0) is 14.2. The number of rotatable bonds is 5. The molecule has 1 aromatic carbocycles. The number of hydrogen-bond donors (Lipinski definition) is 0. The fraction of sp³-hybridized carbons (Fsp3) is 0.471. The zero-order valence-electron chi connectivity index (χ0n) is 12.2. The second kappa shape index (κ2) is 7.85. The van der Waals surface area contributed by atoms with E-state index in [0.717, 1.165) is 32.5 Å². The minimum Gasteiger partial charge on any atom is -0.461 e. The van der Waals surface area contributed by atoms with Crippen LogP contribution in [-0.4, -0.2) is 30.6 Å². The zero-order valence-corrected chi connectivity index (χ0v) is 12.2. The molecule has 3 heteroatoms. The van der Waals surface area contributed by atoms with Crippen LogP contribution in [-0.2, 0) is 16.1 Å². The van der Waals surface area contributed by atoms with Crippen LogP contribution in [0.1, 0.15) is 31.7 Å². The van der Waals surface area contributed by atoms with Crippen molar-refractivity contribution in [3.8, 4) is 0 Å². The summed E-state index contributed by atoms with van der Waals surface area (Å²) in [6, 6.07) is 10.6. The van der Waals surface area contributed by atoms with E-state index in [1.165, 1.54) is 11.1 Å². The molecule has 1 heterocycles. The first kappa shape index (κ1) is 14.8. The Bertz CT molecular complexity index is 443.